The molecule has 2 unspecified atom stereocenters. The zero-order valence-corrected chi connectivity index (χ0v) is 25.3. The Hall–Kier alpha value is -4.04. The first-order valence-electron chi connectivity index (χ1n) is 13.3. The normalized spacial score (nSPS) is 12.7. The van der Waals surface area contributed by atoms with E-state index >= 15 is 0 Å². The van der Waals surface area contributed by atoms with Gasteiger partial charge in [-0.1, -0.05) is 65.2 Å². The number of amides is 3. The molecule has 0 fully saturated rings. The SMILES string of the molecule is Cc1cc(C)cc(C(C(=O)Nc2c(C)cccc2Cl)N(C)C(=O)C(Cc2ccc(O)cc2)NC(=O)OC(C)(C)C)c1. The van der Waals surface area contributed by atoms with Crippen molar-refractivity contribution >= 4 is 35.2 Å². The molecule has 3 N–H and O–H groups in total. The van der Waals surface area contributed by atoms with Crippen LogP contribution in [-0.4, -0.2) is 46.6 Å². The Balaban J connectivity index is 2.02. The number of benzene rings is 3. The highest BCUT2D eigenvalue weighted by Gasteiger charge is 2.35. The molecule has 41 heavy (non-hydrogen) atoms. The van der Waals surface area contributed by atoms with Crippen molar-refractivity contribution in [3.63, 3.8) is 0 Å². The number of carbonyl (C=O) groups excluding carboxylic acids is 3. The fraction of sp³-hybridized carbons (Fsp3) is 0.344. The molecule has 0 aliphatic carbocycles. The number of anilines is 1. The maximum absolute atomic E-state index is 14.1. The summed E-state index contributed by atoms with van der Waals surface area (Å²) < 4.78 is 5.43. The Morgan fingerprint density at radius 1 is 0.976 bits per heavy atom. The van der Waals surface area contributed by atoms with Gasteiger partial charge < -0.3 is 25.4 Å². The summed E-state index contributed by atoms with van der Waals surface area (Å²) in [7, 11) is 1.53. The lowest BCUT2D eigenvalue weighted by molar-refractivity contribution is -0.139. The fourth-order valence-electron chi connectivity index (χ4n) is 4.59. The number of hydrogen-bond donors (Lipinski definition) is 3. The van der Waals surface area contributed by atoms with Gasteiger partial charge in [-0.05, 0) is 76.4 Å². The molecule has 3 aromatic carbocycles. The lowest BCUT2D eigenvalue weighted by Crippen LogP contribution is -2.52. The molecule has 3 amide bonds. The molecule has 0 bridgehead atoms. The largest absolute Gasteiger partial charge is 0.508 e. The summed E-state index contributed by atoms with van der Waals surface area (Å²) in [5.74, 6) is -0.878. The predicted molar refractivity (Wildman–Crippen MR) is 161 cm³/mol. The number of rotatable bonds is 8. The van der Waals surface area contributed by atoms with E-state index in [1.165, 1.54) is 24.1 Å². The van der Waals surface area contributed by atoms with Crippen LogP contribution in [0.2, 0.25) is 5.02 Å². The summed E-state index contributed by atoms with van der Waals surface area (Å²) >= 11 is 6.40. The van der Waals surface area contributed by atoms with E-state index in [1.54, 1.807) is 45.0 Å². The summed E-state index contributed by atoms with van der Waals surface area (Å²) in [6.45, 7) is 10.9. The minimum absolute atomic E-state index is 0.0789. The summed E-state index contributed by atoms with van der Waals surface area (Å²) in [4.78, 5) is 42.1. The van der Waals surface area contributed by atoms with Gasteiger partial charge in [-0.15, -0.1) is 0 Å². The van der Waals surface area contributed by atoms with Crippen LogP contribution < -0.4 is 10.6 Å². The molecule has 0 saturated heterocycles. The Kier molecular flexibility index (Phi) is 10.0. The van der Waals surface area contributed by atoms with Crippen LogP contribution in [0, 0.1) is 20.8 Å². The van der Waals surface area contributed by atoms with E-state index in [-0.39, 0.29) is 12.2 Å². The number of aryl methyl sites for hydroxylation is 3. The number of alkyl carbamates (subject to hydrolysis) is 1. The number of likely N-dealkylation sites (N-methyl/N-ethyl adjacent to an activating group) is 1. The number of phenols is 1. The van der Waals surface area contributed by atoms with Crippen molar-refractivity contribution in [2.45, 2.75) is 65.6 Å². The number of nitrogens with one attached hydrogen (secondary N) is 2. The zero-order valence-electron chi connectivity index (χ0n) is 24.5. The molecule has 0 saturated carbocycles. The second-order valence-electron chi connectivity index (χ2n) is 11.3. The van der Waals surface area contributed by atoms with Crippen LogP contribution in [0.4, 0.5) is 10.5 Å². The van der Waals surface area contributed by atoms with Crippen molar-refractivity contribution in [1.82, 2.24) is 10.2 Å². The molecular weight excluding hydrogens is 542 g/mol. The van der Waals surface area contributed by atoms with E-state index < -0.39 is 35.6 Å². The van der Waals surface area contributed by atoms with Gasteiger partial charge in [-0.25, -0.2) is 4.79 Å². The summed E-state index contributed by atoms with van der Waals surface area (Å²) in [5, 5.41) is 15.7. The number of ether oxygens (including phenoxy) is 1. The Morgan fingerprint density at radius 3 is 2.15 bits per heavy atom. The molecule has 218 valence electrons. The number of hydrogen-bond acceptors (Lipinski definition) is 5. The van der Waals surface area contributed by atoms with Gasteiger partial charge in [0, 0.05) is 13.5 Å². The molecule has 2 atom stereocenters. The first-order valence-corrected chi connectivity index (χ1v) is 13.7. The summed E-state index contributed by atoms with van der Waals surface area (Å²) in [6, 6.07) is 15.2. The summed E-state index contributed by atoms with van der Waals surface area (Å²) in [5.41, 5.74) is 3.63. The van der Waals surface area contributed by atoms with Crippen molar-refractivity contribution < 1.29 is 24.2 Å². The van der Waals surface area contributed by atoms with E-state index in [2.05, 4.69) is 10.6 Å². The molecule has 9 heteroatoms. The molecule has 0 radical (unpaired) electrons. The Labute approximate surface area is 246 Å². The van der Waals surface area contributed by atoms with E-state index in [9.17, 15) is 19.5 Å². The van der Waals surface area contributed by atoms with Crippen LogP contribution in [0.1, 0.15) is 54.6 Å². The third-order valence-corrected chi connectivity index (χ3v) is 6.69. The van der Waals surface area contributed by atoms with Crippen LogP contribution in [0.3, 0.4) is 0 Å². The number of phenolic OH excluding ortho intramolecular Hbond substituents is 1. The van der Waals surface area contributed by atoms with Crippen molar-refractivity contribution in [3.05, 3.63) is 93.5 Å². The first-order chi connectivity index (χ1) is 19.1. The van der Waals surface area contributed by atoms with E-state index in [1.807, 2.05) is 45.0 Å². The first kappa shape index (κ1) is 31.5. The highest BCUT2D eigenvalue weighted by molar-refractivity contribution is 6.34. The quantitative estimate of drug-likeness (QED) is 0.292. The standard InChI is InChI=1S/C32H38ClN3O5/c1-19-15-20(2)17-23(16-19)28(29(38)35-27-21(3)9-8-10-25(27)33)36(7)30(39)26(34-31(40)41-32(4,5)6)18-22-11-13-24(37)14-12-22/h8-17,26,28,37H,18H2,1-7H3,(H,34,40)(H,35,38). The molecule has 0 aliphatic heterocycles. The Morgan fingerprint density at radius 2 is 1.59 bits per heavy atom. The predicted octanol–water partition coefficient (Wildman–Crippen LogP) is 6.25. The number of carbonyl (C=O) groups is 3. The molecule has 0 aliphatic rings. The van der Waals surface area contributed by atoms with Gasteiger partial charge >= 0.3 is 6.09 Å². The lowest BCUT2D eigenvalue weighted by atomic mass is 9.98. The highest BCUT2D eigenvalue weighted by atomic mass is 35.5. The highest BCUT2D eigenvalue weighted by Crippen LogP contribution is 2.30. The minimum Gasteiger partial charge on any atom is -0.508 e. The van der Waals surface area contributed by atoms with Gasteiger partial charge in [0.1, 0.15) is 23.4 Å². The summed E-state index contributed by atoms with van der Waals surface area (Å²) in [6.07, 6.45) is -0.657. The molecule has 3 rings (SSSR count). The maximum atomic E-state index is 14.1. The molecular formula is C32H38ClN3O5. The topological polar surface area (TPSA) is 108 Å². The smallest absolute Gasteiger partial charge is 0.408 e. The third kappa shape index (κ3) is 8.72. The average Bonchev–Trinajstić information content (AvgIpc) is 2.85. The molecule has 0 spiro atoms. The van der Waals surface area contributed by atoms with Crippen LogP contribution in [0.15, 0.2) is 60.7 Å². The van der Waals surface area contributed by atoms with Gasteiger partial charge in [-0.2, -0.15) is 0 Å². The van der Waals surface area contributed by atoms with E-state index in [0.29, 0.717) is 21.8 Å². The van der Waals surface area contributed by atoms with Gasteiger partial charge in [0.05, 0.1) is 10.7 Å². The van der Waals surface area contributed by atoms with Gasteiger partial charge in [0.15, 0.2) is 0 Å². The average molecular weight is 580 g/mol. The molecule has 3 aromatic rings. The maximum Gasteiger partial charge on any atom is 0.408 e. The van der Waals surface area contributed by atoms with Crippen molar-refractivity contribution in [2.75, 3.05) is 12.4 Å². The second-order valence-corrected chi connectivity index (χ2v) is 11.7. The molecule has 0 heterocycles. The Bertz CT molecular complexity index is 1380. The van der Waals surface area contributed by atoms with Crippen LogP contribution >= 0.6 is 11.6 Å². The van der Waals surface area contributed by atoms with E-state index in [0.717, 1.165) is 16.7 Å². The minimum atomic E-state index is -1.07. The van der Waals surface area contributed by atoms with Crippen molar-refractivity contribution in [1.29, 1.82) is 0 Å². The molecule has 0 aromatic heterocycles. The fourth-order valence-corrected chi connectivity index (χ4v) is 4.86. The zero-order chi connectivity index (χ0) is 30.5. The lowest BCUT2D eigenvalue weighted by Gasteiger charge is -2.32. The van der Waals surface area contributed by atoms with Crippen LogP contribution in [-0.2, 0) is 20.7 Å². The van der Waals surface area contributed by atoms with Crippen molar-refractivity contribution in [2.24, 2.45) is 0 Å². The van der Waals surface area contributed by atoms with E-state index in [4.69, 9.17) is 16.3 Å². The number of para-hydroxylation sites is 1. The van der Waals surface area contributed by atoms with Gasteiger partial charge in [0.2, 0.25) is 5.91 Å². The third-order valence-electron chi connectivity index (χ3n) is 6.38. The second kappa shape index (κ2) is 13.1. The van der Waals surface area contributed by atoms with Gasteiger partial charge in [0.25, 0.3) is 5.91 Å². The number of halogens is 1. The van der Waals surface area contributed by atoms with Crippen LogP contribution in [0.25, 0.3) is 0 Å². The monoisotopic (exact) mass is 579 g/mol. The van der Waals surface area contributed by atoms with Gasteiger partial charge in [-0.3, -0.25) is 9.59 Å². The van der Waals surface area contributed by atoms with Crippen LogP contribution in [0.5, 0.6) is 5.75 Å². The molecule has 8 nitrogen and oxygen atoms in total. The van der Waals surface area contributed by atoms with Crippen molar-refractivity contribution in [3.8, 4) is 5.75 Å². The number of nitrogens with zero attached hydrogens (tertiary/aromatic N) is 1. The number of aromatic hydroxyl groups is 1.